The van der Waals surface area contributed by atoms with Crippen LogP contribution >= 0.6 is 31.9 Å². The summed E-state index contributed by atoms with van der Waals surface area (Å²) in [6.45, 7) is 1.61. The van der Waals surface area contributed by atoms with E-state index >= 15 is 0 Å². The molecule has 0 fully saturated rings. The van der Waals surface area contributed by atoms with Crippen molar-refractivity contribution >= 4 is 54.8 Å². The number of benzene rings is 4. The summed E-state index contributed by atoms with van der Waals surface area (Å²) in [6, 6.07) is 23.2. The second-order valence-electron chi connectivity index (χ2n) is 9.14. The number of halogens is 2. The molecule has 4 aromatic rings. The van der Waals surface area contributed by atoms with Crippen molar-refractivity contribution in [3.8, 4) is 11.1 Å². The minimum absolute atomic E-state index is 0.0102. The summed E-state index contributed by atoms with van der Waals surface area (Å²) in [5.41, 5.74) is 8.64. The predicted octanol–water partition coefficient (Wildman–Crippen LogP) is 7.28. The van der Waals surface area contributed by atoms with Gasteiger partial charge in [0.1, 0.15) is 0 Å². The number of rotatable bonds is 5. The first-order valence-corrected chi connectivity index (χ1v) is 13.5. The van der Waals surface area contributed by atoms with Gasteiger partial charge in [-0.1, -0.05) is 31.9 Å². The third-order valence-corrected chi connectivity index (χ3v) is 7.93. The Kier molecular flexibility index (Phi) is 6.02. The lowest BCUT2D eigenvalue weighted by atomic mass is 9.90. The van der Waals surface area contributed by atoms with Gasteiger partial charge < -0.3 is 10.6 Å². The molecule has 0 saturated carbocycles. The standard InChI is InChI=1S/C30H22Br2N2O2/c31-23-5-1-17(2-6-23)29(35)25-15-21(13-19-9-11-33-27(19)25)22-14-20-10-12-34-28(20)26(16-22)30(36)18-3-7-24(32)8-4-18/h1-8,13-16,33-34H,9-12H2. The maximum atomic E-state index is 13.6. The molecule has 4 nitrogen and oxygen atoms in total. The average Bonchev–Trinajstić information content (AvgIpc) is 3.57. The zero-order chi connectivity index (χ0) is 24.8. The molecular formula is C30H22Br2N2O2. The number of anilines is 2. The number of fused-ring (bicyclic) bond motifs is 2. The van der Waals surface area contributed by atoms with E-state index in [1.54, 1.807) is 0 Å². The lowest BCUT2D eigenvalue weighted by molar-refractivity contribution is 0.103. The number of nitrogens with one attached hydrogen (secondary N) is 2. The lowest BCUT2D eigenvalue weighted by Crippen LogP contribution is -2.07. The minimum Gasteiger partial charge on any atom is -0.384 e. The number of hydrogen-bond acceptors (Lipinski definition) is 4. The van der Waals surface area contributed by atoms with E-state index in [1.165, 1.54) is 0 Å². The Morgan fingerprint density at radius 2 is 0.972 bits per heavy atom. The molecule has 0 unspecified atom stereocenters. The van der Waals surface area contributed by atoms with Crippen molar-refractivity contribution in [2.24, 2.45) is 0 Å². The summed E-state index contributed by atoms with van der Waals surface area (Å²) in [5.74, 6) is -0.0204. The van der Waals surface area contributed by atoms with Crippen molar-refractivity contribution in [2.45, 2.75) is 12.8 Å². The molecule has 2 heterocycles. The highest BCUT2D eigenvalue weighted by atomic mass is 79.9. The summed E-state index contributed by atoms with van der Waals surface area (Å²) in [7, 11) is 0. The SMILES string of the molecule is O=C(c1ccc(Br)cc1)c1cc(-c2cc3c(c(C(=O)c4ccc(Br)cc4)c2)NCC3)cc2c1NCC2. The maximum Gasteiger partial charge on any atom is 0.195 e. The van der Waals surface area contributed by atoms with Gasteiger partial charge in [0.15, 0.2) is 11.6 Å². The number of ketones is 2. The lowest BCUT2D eigenvalue weighted by Gasteiger charge is -2.15. The molecule has 2 N–H and O–H groups in total. The van der Waals surface area contributed by atoms with Gasteiger partial charge in [-0.05, 0) is 108 Å². The van der Waals surface area contributed by atoms with E-state index in [0.29, 0.717) is 22.3 Å². The Morgan fingerprint density at radius 3 is 1.36 bits per heavy atom. The Labute approximate surface area is 226 Å². The summed E-state index contributed by atoms with van der Waals surface area (Å²) < 4.78 is 1.87. The van der Waals surface area contributed by atoms with Crippen LogP contribution in [0.1, 0.15) is 43.0 Å². The quantitative estimate of drug-likeness (QED) is 0.236. The smallest absolute Gasteiger partial charge is 0.195 e. The Hall–Kier alpha value is -3.22. The molecule has 2 aliphatic rings. The van der Waals surface area contributed by atoms with Crippen LogP contribution in [0.25, 0.3) is 11.1 Å². The second-order valence-corrected chi connectivity index (χ2v) is 11.0. The topological polar surface area (TPSA) is 58.2 Å². The van der Waals surface area contributed by atoms with Crippen LogP contribution in [0.4, 0.5) is 11.4 Å². The van der Waals surface area contributed by atoms with Crippen molar-refractivity contribution < 1.29 is 9.59 Å². The third kappa shape index (κ3) is 4.18. The fraction of sp³-hybridized carbons (Fsp3) is 0.133. The number of carbonyl (C=O) groups excluding carboxylic acids is 2. The fourth-order valence-corrected chi connectivity index (χ4v) is 5.59. The van der Waals surface area contributed by atoms with Crippen molar-refractivity contribution in [3.05, 3.63) is 115 Å². The van der Waals surface area contributed by atoms with Crippen molar-refractivity contribution in [3.63, 3.8) is 0 Å². The Bertz CT molecular complexity index is 1410. The molecule has 0 saturated heterocycles. The normalized spacial score (nSPS) is 13.5. The summed E-state index contributed by atoms with van der Waals surface area (Å²) in [4.78, 5) is 27.1. The van der Waals surface area contributed by atoms with Gasteiger partial charge in [0.2, 0.25) is 0 Å². The van der Waals surface area contributed by atoms with Gasteiger partial charge in [0.05, 0.1) is 0 Å². The van der Waals surface area contributed by atoms with Gasteiger partial charge in [-0.15, -0.1) is 0 Å². The van der Waals surface area contributed by atoms with Crippen molar-refractivity contribution in [2.75, 3.05) is 23.7 Å². The molecule has 36 heavy (non-hydrogen) atoms. The molecule has 6 rings (SSSR count). The molecule has 0 amide bonds. The molecule has 0 atom stereocenters. The second kappa shape index (κ2) is 9.34. The van der Waals surface area contributed by atoms with Crippen LogP contribution in [0, 0.1) is 0 Å². The Morgan fingerprint density at radius 1 is 0.583 bits per heavy atom. The molecule has 2 aliphatic heterocycles. The molecule has 178 valence electrons. The number of carbonyl (C=O) groups is 2. The van der Waals surface area contributed by atoms with E-state index in [4.69, 9.17) is 0 Å². The van der Waals surface area contributed by atoms with Crippen LogP contribution in [0.15, 0.2) is 81.7 Å². The van der Waals surface area contributed by atoms with Crippen LogP contribution in [0.3, 0.4) is 0 Å². The fourth-order valence-electron chi connectivity index (χ4n) is 5.07. The maximum absolute atomic E-state index is 13.6. The van der Waals surface area contributed by atoms with Gasteiger partial charge in [-0.3, -0.25) is 9.59 Å². The molecule has 0 aliphatic carbocycles. The Balaban J connectivity index is 1.47. The highest BCUT2D eigenvalue weighted by Gasteiger charge is 2.25. The third-order valence-electron chi connectivity index (χ3n) is 6.87. The molecule has 0 spiro atoms. The van der Waals surface area contributed by atoms with E-state index in [0.717, 1.165) is 68.5 Å². The van der Waals surface area contributed by atoms with Crippen LogP contribution in [-0.2, 0) is 12.8 Å². The first-order valence-electron chi connectivity index (χ1n) is 11.9. The average molecular weight is 602 g/mol. The first kappa shape index (κ1) is 23.2. The summed E-state index contributed by atoms with van der Waals surface area (Å²) in [6.07, 6.45) is 1.72. The molecule has 0 radical (unpaired) electrons. The van der Waals surface area contributed by atoms with Crippen LogP contribution in [0.2, 0.25) is 0 Å². The summed E-state index contributed by atoms with van der Waals surface area (Å²) >= 11 is 6.89. The van der Waals surface area contributed by atoms with E-state index in [-0.39, 0.29) is 11.6 Å². The van der Waals surface area contributed by atoms with E-state index in [1.807, 2.05) is 60.7 Å². The minimum atomic E-state index is -0.0102. The highest BCUT2D eigenvalue weighted by Crippen LogP contribution is 2.38. The van der Waals surface area contributed by atoms with Gasteiger partial charge in [0.25, 0.3) is 0 Å². The molecule has 6 heteroatoms. The molecule has 0 bridgehead atoms. The van der Waals surface area contributed by atoms with E-state index in [2.05, 4.69) is 54.6 Å². The zero-order valence-corrected chi connectivity index (χ0v) is 22.5. The monoisotopic (exact) mass is 600 g/mol. The summed E-state index contributed by atoms with van der Waals surface area (Å²) in [5, 5.41) is 6.82. The van der Waals surface area contributed by atoms with Crippen molar-refractivity contribution in [1.29, 1.82) is 0 Å². The van der Waals surface area contributed by atoms with E-state index in [9.17, 15) is 9.59 Å². The van der Waals surface area contributed by atoms with Gasteiger partial charge >= 0.3 is 0 Å². The van der Waals surface area contributed by atoms with Gasteiger partial charge in [-0.25, -0.2) is 0 Å². The van der Waals surface area contributed by atoms with Gasteiger partial charge in [-0.2, -0.15) is 0 Å². The van der Waals surface area contributed by atoms with Crippen LogP contribution in [-0.4, -0.2) is 24.7 Å². The van der Waals surface area contributed by atoms with Crippen LogP contribution < -0.4 is 10.6 Å². The predicted molar refractivity (Wildman–Crippen MR) is 151 cm³/mol. The molecule has 4 aromatic carbocycles. The van der Waals surface area contributed by atoms with Crippen LogP contribution in [0.5, 0.6) is 0 Å². The van der Waals surface area contributed by atoms with E-state index < -0.39 is 0 Å². The van der Waals surface area contributed by atoms with Gasteiger partial charge in [0, 0.05) is 55.7 Å². The zero-order valence-electron chi connectivity index (χ0n) is 19.3. The molecule has 0 aromatic heterocycles. The highest BCUT2D eigenvalue weighted by molar-refractivity contribution is 9.10. The largest absolute Gasteiger partial charge is 0.384 e. The first-order chi connectivity index (χ1) is 17.5. The van der Waals surface area contributed by atoms with Crippen molar-refractivity contribution in [1.82, 2.24) is 0 Å². The molecular weight excluding hydrogens is 580 g/mol. The number of hydrogen-bond donors (Lipinski definition) is 2.